The Morgan fingerprint density at radius 3 is 2.17 bits per heavy atom. The molecular weight excluding hydrogens is 573 g/mol. The number of rotatable bonds is 6. The lowest BCUT2D eigenvalue weighted by Gasteiger charge is -2.34. The zero-order valence-corrected chi connectivity index (χ0v) is 24.3. The van der Waals surface area contributed by atoms with Crippen molar-refractivity contribution in [2.24, 2.45) is 0 Å². The lowest BCUT2D eigenvalue weighted by Crippen LogP contribution is -2.50. The van der Waals surface area contributed by atoms with Gasteiger partial charge >= 0.3 is 0 Å². The Kier molecular flexibility index (Phi) is 7.76. The topological polar surface area (TPSA) is 95.1 Å². The Labute approximate surface area is 243 Å². The lowest BCUT2D eigenvalue weighted by atomic mass is 9.99. The van der Waals surface area contributed by atoms with Crippen molar-refractivity contribution in [3.05, 3.63) is 93.0 Å². The zero-order chi connectivity index (χ0) is 28.8. The van der Waals surface area contributed by atoms with Crippen LogP contribution in [0.3, 0.4) is 0 Å². The van der Waals surface area contributed by atoms with Crippen LogP contribution in [0.4, 0.5) is 5.69 Å². The van der Waals surface area contributed by atoms with Crippen LogP contribution in [-0.4, -0.2) is 61.5 Å². The van der Waals surface area contributed by atoms with E-state index in [0.717, 1.165) is 16.9 Å². The van der Waals surface area contributed by atoms with Gasteiger partial charge in [0.15, 0.2) is 0 Å². The minimum absolute atomic E-state index is 0.0916. The summed E-state index contributed by atoms with van der Waals surface area (Å²) in [6, 6.07) is 15.8. The number of halogens is 2. The largest absolute Gasteiger partial charge is 0.336 e. The first kappa shape index (κ1) is 28.3. The molecule has 3 amide bonds. The molecule has 0 spiro atoms. The summed E-state index contributed by atoms with van der Waals surface area (Å²) in [5.74, 6) is -1.16. The fraction of sp³-hybridized carbons (Fsp3) is 0.276. The van der Waals surface area contributed by atoms with E-state index in [4.69, 9.17) is 23.2 Å². The predicted molar refractivity (Wildman–Crippen MR) is 154 cm³/mol. The molecule has 2 aliphatic heterocycles. The Hall–Kier alpha value is -3.24. The lowest BCUT2D eigenvalue weighted by molar-refractivity contribution is 0.0697. The van der Waals surface area contributed by atoms with Crippen molar-refractivity contribution in [2.75, 3.05) is 31.1 Å². The van der Waals surface area contributed by atoms with Crippen LogP contribution in [0.25, 0.3) is 0 Å². The van der Waals surface area contributed by atoms with Crippen LogP contribution in [0.15, 0.2) is 65.6 Å². The van der Waals surface area contributed by atoms with Gasteiger partial charge in [0, 0.05) is 36.8 Å². The van der Waals surface area contributed by atoms with Gasteiger partial charge in [-0.1, -0.05) is 49.2 Å². The SMILES string of the molecule is CCC(C)c1ccc(S(=O)(=O)N2CCN(C(=O)c3ccc4c(c3)C(=O)N(c3cc(Cl)ccc3Cl)C4=O)CC2)cc1. The molecular formula is C29H27Cl2N3O5S. The summed E-state index contributed by atoms with van der Waals surface area (Å²) in [5, 5.41) is 0.505. The second-order valence-electron chi connectivity index (χ2n) is 9.88. The monoisotopic (exact) mass is 599 g/mol. The van der Waals surface area contributed by atoms with E-state index in [1.54, 1.807) is 23.1 Å². The van der Waals surface area contributed by atoms with Gasteiger partial charge in [-0.15, -0.1) is 0 Å². The van der Waals surface area contributed by atoms with Crippen LogP contribution in [0.2, 0.25) is 10.0 Å². The molecule has 0 aliphatic carbocycles. The van der Waals surface area contributed by atoms with Crippen molar-refractivity contribution in [1.29, 1.82) is 0 Å². The van der Waals surface area contributed by atoms with Crippen molar-refractivity contribution < 1.29 is 22.8 Å². The number of benzene rings is 3. The molecule has 5 rings (SSSR count). The molecule has 0 saturated carbocycles. The number of sulfonamides is 1. The number of piperazine rings is 1. The van der Waals surface area contributed by atoms with E-state index in [-0.39, 0.29) is 64.4 Å². The van der Waals surface area contributed by atoms with Gasteiger partial charge in [0.2, 0.25) is 10.0 Å². The molecule has 1 unspecified atom stereocenters. The molecule has 3 aromatic rings. The zero-order valence-electron chi connectivity index (χ0n) is 21.9. The van der Waals surface area contributed by atoms with Gasteiger partial charge in [-0.3, -0.25) is 14.4 Å². The Bertz CT molecular complexity index is 1620. The van der Waals surface area contributed by atoms with E-state index in [9.17, 15) is 22.8 Å². The van der Waals surface area contributed by atoms with E-state index < -0.39 is 21.8 Å². The number of nitrogens with zero attached hydrogens (tertiary/aromatic N) is 3. The number of amides is 3. The third-order valence-corrected chi connectivity index (χ3v) is 9.98. The van der Waals surface area contributed by atoms with E-state index in [0.29, 0.717) is 10.9 Å². The molecule has 8 nitrogen and oxygen atoms in total. The highest BCUT2D eigenvalue weighted by molar-refractivity contribution is 7.89. The molecule has 1 fully saturated rings. The number of carbonyl (C=O) groups is 3. The maximum Gasteiger partial charge on any atom is 0.266 e. The van der Waals surface area contributed by atoms with Crippen LogP contribution < -0.4 is 4.90 Å². The smallest absolute Gasteiger partial charge is 0.266 e. The van der Waals surface area contributed by atoms with Crippen LogP contribution >= 0.6 is 23.2 Å². The number of imide groups is 1. The number of hydrogen-bond acceptors (Lipinski definition) is 5. The minimum Gasteiger partial charge on any atom is -0.336 e. The molecule has 2 heterocycles. The first-order valence-corrected chi connectivity index (χ1v) is 15.1. The summed E-state index contributed by atoms with van der Waals surface area (Å²) < 4.78 is 27.8. The molecule has 0 radical (unpaired) electrons. The summed E-state index contributed by atoms with van der Waals surface area (Å²) in [6.45, 7) is 4.85. The maximum atomic E-state index is 13.3. The number of hydrogen-bond donors (Lipinski definition) is 0. The van der Waals surface area contributed by atoms with Crippen LogP contribution in [0, 0.1) is 0 Å². The summed E-state index contributed by atoms with van der Waals surface area (Å²) in [7, 11) is -3.70. The van der Waals surface area contributed by atoms with Gasteiger partial charge in [0.1, 0.15) is 0 Å². The minimum atomic E-state index is -3.70. The molecule has 208 valence electrons. The normalized spacial score (nSPS) is 16.8. The summed E-state index contributed by atoms with van der Waals surface area (Å²) in [5.41, 5.74) is 1.74. The number of fused-ring (bicyclic) bond motifs is 1. The van der Waals surface area contributed by atoms with Gasteiger partial charge in [-0.2, -0.15) is 4.31 Å². The molecule has 11 heteroatoms. The highest BCUT2D eigenvalue weighted by Crippen LogP contribution is 2.35. The fourth-order valence-electron chi connectivity index (χ4n) is 4.92. The number of carbonyl (C=O) groups excluding carboxylic acids is 3. The van der Waals surface area contributed by atoms with Crippen molar-refractivity contribution >= 4 is 56.6 Å². The Morgan fingerprint density at radius 1 is 0.875 bits per heavy atom. The Balaban J connectivity index is 1.29. The maximum absolute atomic E-state index is 13.3. The van der Waals surface area contributed by atoms with E-state index >= 15 is 0 Å². The van der Waals surface area contributed by atoms with Crippen molar-refractivity contribution in [3.8, 4) is 0 Å². The molecule has 0 bridgehead atoms. The molecule has 3 aromatic carbocycles. The van der Waals surface area contributed by atoms with E-state index in [1.165, 1.54) is 34.6 Å². The summed E-state index contributed by atoms with van der Waals surface area (Å²) >= 11 is 12.3. The standard InChI is InChI=1S/C29H27Cl2N3O5S/c1-3-18(2)19-4-8-22(9-5-19)40(38,39)33-14-12-32(13-15-33)27(35)20-6-10-23-24(16-20)29(37)34(28(23)36)26-17-21(30)7-11-25(26)31/h4-11,16-18H,3,12-15H2,1-2H3. The molecule has 0 N–H and O–H groups in total. The van der Waals surface area contributed by atoms with Crippen LogP contribution in [0.1, 0.15) is 62.8 Å². The van der Waals surface area contributed by atoms with E-state index in [1.807, 2.05) is 12.1 Å². The first-order valence-electron chi connectivity index (χ1n) is 12.9. The Morgan fingerprint density at radius 2 is 1.52 bits per heavy atom. The average Bonchev–Trinajstić information content (AvgIpc) is 3.22. The average molecular weight is 601 g/mol. The van der Waals surface area contributed by atoms with Crippen molar-refractivity contribution in [3.63, 3.8) is 0 Å². The van der Waals surface area contributed by atoms with Gasteiger partial charge in [-0.05, 0) is 66.4 Å². The van der Waals surface area contributed by atoms with Gasteiger partial charge in [0.05, 0.1) is 26.7 Å². The second-order valence-corrected chi connectivity index (χ2v) is 12.7. The predicted octanol–water partition coefficient (Wildman–Crippen LogP) is 5.45. The summed E-state index contributed by atoms with van der Waals surface area (Å²) in [6.07, 6.45) is 0.964. The third-order valence-electron chi connectivity index (χ3n) is 7.51. The molecule has 1 atom stereocenters. The number of anilines is 1. The van der Waals surface area contributed by atoms with Crippen molar-refractivity contribution in [2.45, 2.75) is 31.1 Å². The van der Waals surface area contributed by atoms with Gasteiger partial charge in [0.25, 0.3) is 17.7 Å². The highest BCUT2D eigenvalue weighted by Gasteiger charge is 2.39. The van der Waals surface area contributed by atoms with Gasteiger partial charge in [-0.25, -0.2) is 13.3 Å². The van der Waals surface area contributed by atoms with Gasteiger partial charge < -0.3 is 4.90 Å². The van der Waals surface area contributed by atoms with Crippen molar-refractivity contribution in [1.82, 2.24) is 9.21 Å². The van der Waals surface area contributed by atoms with Crippen LogP contribution in [-0.2, 0) is 10.0 Å². The molecule has 40 heavy (non-hydrogen) atoms. The highest BCUT2D eigenvalue weighted by atomic mass is 35.5. The fourth-order valence-corrected chi connectivity index (χ4v) is 6.71. The van der Waals surface area contributed by atoms with E-state index in [2.05, 4.69) is 13.8 Å². The summed E-state index contributed by atoms with van der Waals surface area (Å²) in [4.78, 5) is 42.2. The second kappa shape index (κ2) is 11.0. The quantitative estimate of drug-likeness (QED) is 0.351. The molecule has 2 aliphatic rings. The molecule has 1 saturated heterocycles. The first-order chi connectivity index (χ1) is 19.0. The molecule has 0 aromatic heterocycles. The van der Waals surface area contributed by atoms with Crippen LogP contribution in [0.5, 0.6) is 0 Å². The third kappa shape index (κ3) is 5.03.